The van der Waals surface area contributed by atoms with Crippen molar-refractivity contribution in [1.82, 2.24) is 19.2 Å². The predicted octanol–water partition coefficient (Wildman–Crippen LogP) is 2.41. The van der Waals surface area contributed by atoms with Gasteiger partial charge in [0, 0.05) is 30.2 Å². The van der Waals surface area contributed by atoms with Gasteiger partial charge in [-0.2, -0.15) is 4.31 Å². The van der Waals surface area contributed by atoms with Crippen molar-refractivity contribution in [2.75, 3.05) is 6.54 Å². The van der Waals surface area contributed by atoms with Gasteiger partial charge in [-0.1, -0.05) is 25.7 Å². The summed E-state index contributed by atoms with van der Waals surface area (Å²) in [7, 11) is -3.63. The molecule has 1 unspecified atom stereocenters. The molecule has 1 aliphatic heterocycles. The highest BCUT2D eigenvalue weighted by Gasteiger charge is 2.31. The molecule has 2 fully saturated rings. The number of nitrogens with zero attached hydrogens (tertiary/aromatic N) is 3. The van der Waals surface area contributed by atoms with Gasteiger partial charge in [0.25, 0.3) is 0 Å². The van der Waals surface area contributed by atoms with Gasteiger partial charge < -0.3 is 5.32 Å². The Morgan fingerprint density at radius 3 is 2.61 bits per heavy atom. The van der Waals surface area contributed by atoms with E-state index in [1.54, 1.807) is 16.4 Å². The third kappa shape index (κ3) is 4.67. The fourth-order valence-electron chi connectivity index (χ4n) is 4.72. The molecule has 168 valence electrons. The number of aromatic nitrogens is 2. The maximum absolute atomic E-state index is 13.2. The van der Waals surface area contributed by atoms with Crippen LogP contribution in [0.2, 0.25) is 0 Å². The number of sulfonamides is 1. The number of rotatable bonds is 5. The summed E-state index contributed by atoms with van der Waals surface area (Å²) >= 11 is 0. The molecule has 0 bridgehead atoms. The molecule has 8 nitrogen and oxygen atoms in total. The van der Waals surface area contributed by atoms with Crippen LogP contribution in [0.4, 0.5) is 0 Å². The van der Waals surface area contributed by atoms with Gasteiger partial charge in [-0.25, -0.2) is 18.2 Å². The van der Waals surface area contributed by atoms with E-state index in [2.05, 4.69) is 10.3 Å². The van der Waals surface area contributed by atoms with Crippen LogP contribution in [0, 0.1) is 0 Å². The summed E-state index contributed by atoms with van der Waals surface area (Å²) in [6, 6.07) is 4.80. The topological polar surface area (TPSA) is 101 Å². The maximum Gasteiger partial charge on any atom is 0.348 e. The Morgan fingerprint density at radius 2 is 1.87 bits per heavy atom. The van der Waals surface area contributed by atoms with Gasteiger partial charge in [0.2, 0.25) is 15.9 Å². The summed E-state index contributed by atoms with van der Waals surface area (Å²) in [5, 5.41) is 3.54. The van der Waals surface area contributed by atoms with Crippen molar-refractivity contribution >= 4 is 26.8 Å². The van der Waals surface area contributed by atoms with Crippen LogP contribution in [0.1, 0.15) is 58.3 Å². The van der Waals surface area contributed by atoms with E-state index >= 15 is 0 Å². The SMILES string of the molecule is CC1CCCCN1S(=O)(=O)c1ccc2c(cnc(=O)n2CC(=O)NC2CCCCC2)c1. The molecule has 2 heterocycles. The molecule has 1 aliphatic carbocycles. The molecule has 9 heteroatoms. The van der Waals surface area contributed by atoms with E-state index in [0.29, 0.717) is 17.4 Å². The Bertz CT molecular complexity index is 1120. The Labute approximate surface area is 182 Å². The standard InChI is InChI=1S/C22H30N4O4S/c1-16-7-5-6-12-26(16)31(29,30)19-10-11-20-17(13-19)14-23-22(28)25(20)15-21(27)24-18-8-3-2-4-9-18/h10-11,13-14,16,18H,2-9,12,15H2,1H3,(H,24,27). The average molecular weight is 447 g/mol. The molecular formula is C22H30N4O4S. The van der Waals surface area contributed by atoms with Crippen LogP contribution >= 0.6 is 0 Å². The molecule has 1 aromatic heterocycles. The van der Waals surface area contributed by atoms with Crippen molar-refractivity contribution in [2.24, 2.45) is 0 Å². The van der Waals surface area contributed by atoms with E-state index in [0.717, 1.165) is 44.9 Å². The van der Waals surface area contributed by atoms with Crippen molar-refractivity contribution in [3.63, 3.8) is 0 Å². The van der Waals surface area contributed by atoms with Gasteiger partial charge in [-0.3, -0.25) is 9.36 Å². The molecule has 0 spiro atoms. The van der Waals surface area contributed by atoms with Crippen LogP contribution in [-0.4, -0.2) is 46.8 Å². The summed E-state index contributed by atoms with van der Waals surface area (Å²) in [6.45, 7) is 2.32. The minimum Gasteiger partial charge on any atom is -0.352 e. The first kappa shape index (κ1) is 22.0. The van der Waals surface area contributed by atoms with E-state index in [1.807, 2.05) is 6.92 Å². The maximum atomic E-state index is 13.2. The molecule has 1 atom stereocenters. The number of piperidine rings is 1. The zero-order valence-electron chi connectivity index (χ0n) is 17.9. The van der Waals surface area contributed by atoms with Crippen LogP contribution in [0.15, 0.2) is 34.1 Å². The van der Waals surface area contributed by atoms with Crippen molar-refractivity contribution in [2.45, 2.75) is 81.8 Å². The zero-order valence-corrected chi connectivity index (χ0v) is 18.7. The molecule has 31 heavy (non-hydrogen) atoms. The second kappa shape index (κ2) is 9.08. The first-order chi connectivity index (χ1) is 14.9. The van der Waals surface area contributed by atoms with Gasteiger partial charge >= 0.3 is 5.69 Å². The minimum absolute atomic E-state index is 0.0370. The molecule has 1 N–H and O–H groups in total. The molecule has 4 rings (SSSR count). The Morgan fingerprint density at radius 1 is 1.13 bits per heavy atom. The van der Waals surface area contributed by atoms with E-state index in [1.165, 1.54) is 23.3 Å². The minimum atomic E-state index is -3.63. The fraction of sp³-hybridized carbons (Fsp3) is 0.591. The number of fused-ring (bicyclic) bond motifs is 1. The van der Waals surface area contributed by atoms with Crippen LogP contribution in [0.3, 0.4) is 0 Å². The lowest BCUT2D eigenvalue weighted by Crippen LogP contribution is -2.42. The number of nitrogens with one attached hydrogen (secondary N) is 1. The number of hydrogen-bond acceptors (Lipinski definition) is 5. The Hall–Kier alpha value is -2.26. The van der Waals surface area contributed by atoms with Gasteiger partial charge in [-0.15, -0.1) is 0 Å². The van der Waals surface area contributed by atoms with E-state index in [9.17, 15) is 18.0 Å². The highest BCUT2D eigenvalue weighted by molar-refractivity contribution is 7.89. The van der Waals surface area contributed by atoms with Gasteiger partial charge in [-0.05, 0) is 50.8 Å². The van der Waals surface area contributed by atoms with Crippen LogP contribution in [0.25, 0.3) is 10.9 Å². The summed E-state index contributed by atoms with van der Waals surface area (Å²) in [5.74, 6) is -0.220. The molecule has 2 aliphatic rings. The highest BCUT2D eigenvalue weighted by Crippen LogP contribution is 2.27. The second-order valence-corrected chi connectivity index (χ2v) is 10.6. The highest BCUT2D eigenvalue weighted by atomic mass is 32.2. The predicted molar refractivity (Wildman–Crippen MR) is 118 cm³/mol. The molecular weight excluding hydrogens is 416 g/mol. The zero-order chi connectivity index (χ0) is 22.0. The van der Waals surface area contributed by atoms with Gasteiger partial charge in [0.15, 0.2) is 0 Å². The third-order valence-electron chi connectivity index (χ3n) is 6.46. The lowest BCUT2D eigenvalue weighted by atomic mass is 9.95. The van der Waals surface area contributed by atoms with Gasteiger partial charge in [0.05, 0.1) is 10.4 Å². The quantitative estimate of drug-likeness (QED) is 0.760. The second-order valence-electron chi connectivity index (χ2n) is 8.71. The number of carbonyl (C=O) groups is 1. The summed E-state index contributed by atoms with van der Waals surface area (Å²) in [6.07, 6.45) is 9.45. The van der Waals surface area contributed by atoms with E-state index < -0.39 is 15.7 Å². The first-order valence-electron chi connectivity index (χ1n) is 11.2. The average Bonchev–Trinajstić information content (AvgIpc) is 2.76. The van der Waals surface area contributed by atoms with E-state index in [-0.39, 0.29) is 29.4 Å². The number of carbonyl (C=O) groups excluding carboxylic acids is 1. The molecule has 1 aromatic carbocycles. The Kier molecular flexibility index (Phi) is 6.43. The molecule has 1 amide bonds. The van der Waals surface area contributed by atoms with Crippen molar-refractivity contribution < 1.29 is 13.2 Å². The van der Waals surface area contributed by atoms with Crippen LogP contribution in [0.5, 0.6) is 0 Å². The summed E-state index contributed by atoms with van der Waals surface area (Å²) in [5.41, 5.74) is -0.0176. The van der Waals surface area contributed by atoms with Crippen LogP contribution < -0.4 is 11.0 Å². The molecule has 2 aromatic rings. The largest absolute Gasteiger partial charge is 0.352 e. The third-order valence-corrected chi connectivity index (χ3v) is 8.46. The number of hydrogen-bond donors (Lipinski definition) is 1. The first-order valence-corrected chi connectivity index (χ1v) is 12.6. The Balaban J connectivity index is 1.60. The van der Waals surface area contributed by atoms with Crippen molar-refractivity contribution in [1.29, 1.82) is 0 Å². The van der Waals surface area contributed by atoms with Gasteiger partial charge in [0.1, 0.15) is 6.54 Å². The number of amides is 1. The summed E-state index contributed by atoms with van der Waals surface area (Å²) in [4.78, 5) is 29.0. The summed E-state index contributed by atoms with van der Waals surface area (Å²) < 4.78 is 29.2. The monoisotopic (exact) mass is 446 g/mol. The molecule has 1 saturated carbocycles. The smallest absolute Gasteiger partial charge is 0.348 e. The molecule has 0 radical (unpaired) electrons. The lowest BCUT2D eigenvalue weighted by molar-refractivity contribution is -0.122. The van der Waals surface area contributed by atoms with Crippen molar-refractivity contribution in [3.05, 3.63) is 34.9 Å². The van der Waals surface area contributed by atoms with Crippen LogP contribution in [-0.2, 0) is 21.4 Å². The normalized spacial score (nSPS) is 21.3. The fourth-order valence-corrected chi connectivity index (χ4v) is 6.46. The van der Waals surface area contributed by atoms with Crippen molar-refractivity contribution in [3.8, 4) is 0 Å². The molecule has 1 saturated heterocycles. The lowest BCUT2D eigenvalue weighted by Gasteiger charge is -2.32. The van der Waals surface area contributed by atoms with E-state index in [4.69, 9.17) is 0 Å². The number of benzene rings is 1.